The van der Waals surface area contributed by atoms with Gasteiger partial charge in [-0.1, -0.05) is 432 Å². The van der Waals surface area contributed by atoms with E-state index in [0.29, 0.717) is 25.7 Å². The highest BCUT2D eigenvalue weighted by molar-refractivity contribution is 7.47. The molecule has 0 saturated carbocycles. The summed E-state index contributed by atoms with van der Waals surface area (Å²) in [6, 6.07) is 0. The van der Waals surface area contributed by atoms with Crippen LogP contribution in [-0.2, 0) is 65.4 Å². The van der Waals surface area contributed by atoms with Crippen LogP contribution in [0.4, 0.5) is 0 Å². The largest absolute Gasteiger partial charge is 0.472 e. The van der Waals surface area contributed by atoms with E-state index in [9.17, 15) is 43.2 Å². The molecule has 0 fully saturated rings. The third-order valence-corrected chi connectivity index (χ3v) is 22.8. The van der Waals surface area contributed by atoms with Crippen LogP contribution < -0.4 is 0 Å². The van der Waals surface area contributed by atoms with Crippen molar-refractivity contribution < 1.29 is 80.2 Å². The van der Waals surface area contributed by atoms with Gasteiger partial charge in [-0.3, -0.25) is 37.3 Å². The second-order valence-corrected chi connectivity index (χ2v) is 34.5. The van der Waals surface area contributed by atoms with Gasteiger partial charge in [0, 0.05) is 25.7 Å². The summed E-state index contributed by atoms with van der Waals surface area (Å²) in [7, 11) is -9.92. The van der Waals surface area contributed by atoms with Gasteiger partial charge in [-0.15, -0.1) is 0 Å². The third-order valence-electron chi connectivity index (χ3n) is 20.9. The molecule has 0 heterocycles. The molecule has 0 spiro atoms. The fourth-order valence-electron chi connectivity index (χ4n) is 13.9. The van der Waals surface area contributed by atoms with Gasteiger partial charge in [0.15, 0.2) is 12.2 Å². The van der Waals surface area contributed by atoms with Crippen LogP contribution in [0.15, 0.2) is 0 Å². The Morgan fingerprint density at radius 1 is 0.224 bits per heavy atom. The summed E-state index contributed by atoms with van der Waals surface area (Å²) < 4.78 is 68.8. The van der Waals surface area contributed by atoms with Gasteiger partial charge in [0.25, 0.3) is 0 Å². The minimum Gasteiger partial charge on any atom is -0.462 e. The highest BCUT2D eigenvalue weighted by Gasteiger charge is 2.30. The van der Waals surface area contributed by atoms with Crippen molar-refractivity contribution in [1.29, 1.82) is 0 Å². The van der Waals surface area contributed by atoms with Crippen LogP contribution in [0.1, 0.15) is 484 Å². The quantitative estimate of drug-likeness (QED) is 0.0222. The predicted molar refractivity (Wildman–Crippen MR) is 442 cm³/mol. The molecule has 0 aliphatic carbocycles. The second-order valence-electron chi connectivity index (χ2n) is 31.6. The Labute approximate surface area is 658 Å². The molecular formula is C88H172O17P2. The van der Waals surface area contributed by atoms with Crippen molar-refractivity contribution in [3.63, 3.8) is 0 Å². The summed E-state index contributed by atoms with van der Waals surface area (Å²) in [4.78, 5) is 73.1. The summed E-state index contributed by atoms with van der Waals surface area (Å²) in [5.41, 5.74) is 0. The number of unbranched alkanes of at least 4 members (excludes halogenated alkanes) is 63. The van der Waals surface area contributed by atoms with Crippen LogP contribution in [0, 0.1) is 0 Å². The molecule has 0 aromatic rings. The molecule has 19 heteroatoms. The summed E-state index contributed by atoms with van der Waals surface area (Å²) in [6.07, 6.45) is 78.2. The number of carbonyl (C=O) groups excluding carboxylic acids is 4. The van der Waals surface area contributed by atoms with Crippen molar-refractivity contribution in [2.45, 2.75) is 502 Å². The van der Waals surface area contributed by atoms with Crippen molar-refractivity contribution in [1.82, 2.24) is 0 Å². The smallest absolute Gasteiger partial charge is 0.462 e. The highest BCUT2D eigenvalue weighted by Crippen LogP contribution is 2.45. The lowest BCUT2D eigenvalue weighted by atomic mass is 10.0. The highest BCUT2D eigenvalue weighted by atomic mass is 31.2. The van der Waals surface area contributed by atoms with Crippen molar-refractivity contribution >= 4 is 39.5 Å². The molecule has 0 bridgehead atoms. The maximum Gasteiger partial charge on any atom is 0.472 e. The summed E-state index contributed by atoms with van der Waals surface area (Å²) in [6.45, 7) is 5.02. The van der Waals surface area contributed by atoms with E-state index in [0.717, 1.165) is 103 Å². The summed E-state index contributed by atoms with van der Waals surface area (Å²) in [5.74, 6) is -2.10. The number of hydrogen-bond donors (Lipinski definition) is 3. The molecule has 2 unspecified atom stereocenters. The van der Waals surface area contributed by atoms with Gasteiger partial charge in [0.2, 0.25) is 0 Å². The van der Waals surface area contributed by atoms with E-state index in [-0.39, 0.29) is 25.7 Å². The molecule has 0 radical (unpaired) electrons. The Balaban J connectivity index is 5.14. The molecule has 0 saturated heterocycles. The van der Waals surface area contributed by atoms with Crippen molar-refractivity contribution in [2.75, 3.05) is 39.6 Å². The predicted octanol–water partition coefficient (Wildman–Crippen LogP) is 27.3. The minimum absolute atomic E-state index is 0.109. The van der Waals surface area contributed by atoms with E-state index >= 15 is 0 Å². The lowest BCUT2D eigenvalue weighted by Crippen LogP contribution is -2.30. The lowest BCUT2D eigenvalue weighted by molar-refractivity contribution is -0.161. The number of ether oxygens (including phenoxy) is 4. The number of hydrogen-bond acceptors (Lipinski definition) is 15. The average Bonchev–Trinajstić information content (AvgIpc) is 0.894. The zero-order chi connectivity index (χ0) is 78.1. The van der Waals surface area contributed by atoms with Crippen LogP contribution in [-0.4, -0.2) is 96.7 Å². The molecule has 0 aliphatic heterocycles. The Kier molecular flexibility index (Phi) is 80.6. The Morgan fingerprint density at radius 2 is 0.374 bits per heavy atom. The van der Waals surface area contributed by atoms with Gasteiger partial charge < -0.3 is 33.8 Å². The molecule has 17 nitrogen and oxygen atoms in total. The first-order valence-electron chi connectivity index (χ1n) is 45.8. The number of phosphoric acid groups is 2. The first-order valence-corrected chi connectivity index (χ1v) is 48.8. The minimum atomic E-state index is -4.96. The topological polar surface area (TPSA) is 237 Å². The zero-order valence-corrected chi connectivity index (χ0v) is 71.9. The molecule has 3 N–H and O–H groups in total. The first kappa shape index (κ1) is 105. The van der Waals surface area contributed by atoms with Crippen molar-refractivity contribution in [3.8, 4) is 0 Å². The van der Waals surface area contributed by atoms with Crippen LogP contribution in [0.5, 0.6) is 0 Å². The normalized spacial score (nSPS) is 13.7. The number of rotatable bonds is 89. The summed E-state index contributed by atoms with van der Waals surface area (Å²) >= 11 is 0. The fraction of sp³-hybridized carbons (Fsp3) is 0.955. The van der Waals surface area contributed by atoms with Gasteiger partial charge in [-0.2, -0.15) is 0 Å². The van der Waals surface area contributed by atoms with Gasteiger partial charge in [0.1, 0.15) is 19.3 Å². The Morgan fingerprint density at radius 3 is 0.551 bits per heavy atom. The molecule has 0 amide bonds. The van der Waals surface area contributed by atoms with Crippen LogP contribution in [0.2, 0.25) is 0 Å². The molecule has 636 valence electrons. The fourth-order valence-corrected chi connectivity index (χ4v) is 15.5. The Hall–Kier alpha value is -1.94. The first-order chi connectivity index (χ1) is 52.2. The molecule has 0 aromatic carbocycles. The summed E-state index contributed by atoms with van der Waals surface area (Å²) in [5, 5.41) is 10.7. The van der Waals surface area contributed by atoms with E-state index in [4.69, 9.17) is 37.0 Å². The standard InChI is InChI=1S/C88H172O17P2/c1-5-9-13-17-21-24-27-30-33-36-39-40-41-44-47-50-53-56-59-63-67-71-75-88(93)105-84(79-99-86(91)73-69-65-61-57-54-51-48-45-42-37-34-31-28-25-22-18-14-10-6-2)81-103-107(96,97)101-77-82(89)76-100-106(94,95)102-80-83(78-98-85(90)72-68-64-60-20-16-12-8-4)104-87(92)74-70-66-62-58-55-52-49-46-43-38-35-32-29-26-23-19-15-11-7-3/h82-84,89H,5-81H2,1-4H3,(H,94,95)(H,96,97)/t82-,83+,84+/m0/s1. The van der Waals surface area contributed by atoms with Gasteiger partial charge in [-0.25, -0.2) is 9.13 Å². The van der Waals surface area contributed by atoms with Gasteiger partial charge in [-0.05, 0) is 25.7 Å². The lowest BCUT2D eigenvalue weighted by Gasteiger charge is -2.21. The molecule has 107 heavy (non-hydrogen) atoms. The van der Waals surface area contributed by atoms with E-state index in [2.05, 4.69) is 27.7 Å². The maximum absolute atomic E-state index is 13.1. The SMILES string of the molecule is CCCCCCCCCCCCCCCCCCCCCCCCC(=O)O[C@H](COC(=O)CCCCCCCCCCCCCCCCCCCCC)COP(=O)(O)OC[C@@H](O)COP(=O)(O)OC[C@@H](COC(=O)CCCCCCCCC)OC(=O)CCCCCCCCCCCCCCCCCCCCC. The maximum atomic E-state index is 13.1. The van der Waals surface area contributed by atoms with Crippen LogP contribution in [0.25, 0.3) is 0 Å². The molecule has 0 aliphatic rings. The number of carbonyl (C=O) groups is 4. The van der Waals surface area contributed by atoms with E-state index in [1.54, 1.807) is 0 Å². The number of aliphatic hydroxyl groups is 1. The van der Waals surface area contributed by atoms with E-state index in [1.165, 1.54) is 302 Å². The number of phosphoric ester groups is 2. The number of esters is 4. The van der Waals surface area contributed by atoms with E-state index < -0.39 is 97.5 Å². The van der Waals surface area contributed by atoms with Crippen molar-refractivity contribution in [2.24, 2.45) is 0 Å². The average molecular weight is 1560 g/mol. The Bertz CT molecular complexity index is 2020. The molecule has 0 rings (SSSR count). The number of aliphatic hydroxyl groups excluding tert-OH is 1. The third kappa shape index (κ3) is 81.9. The van der Waals surface area contributed by atoms with Crippen molar-refractivity contribution in [3.05, 3.63) is 0 Å². The monoisotopic (exact) mass is 1560 g/mol. The van der Waals surface area contributed by atoms with E-state index in [1.807, 2.05) is 0 Å². The van der Waals surface area contributed by atoms with Crippen LogP contribution in [0.3, 0.4) is 0 Å². The van der Waals surface area contributed by atoms with Crippen LogP contribution >= 0.6 is 15.6 Å². The second kappa shape index (κ2) is 82.1. The van der Waals surface area contributed by atoms with Gasteiger partial charge in [0.05, 0.1) is 26.4 Å². The molecular weight excluding hydrogens is 1390 g/mol. The van der Waals surface area contributed by atoms with Gasteiger partial charge >= 0.3 is 39.5 Å². The molecule has 5 atom stereocenters. The zero-order valence-electron chi connectivity index (χ0n) is 70.1. The molecule has 0 aromatic heterocycles.